The van der Waals surface area contributed by atoms with Crippen molar-refractivity contribution in [3.05, 3.63) is 17.0 Å². The molecule has 0 bridgehead atoms. The van der Waals surface area contributed by atoms with Gasteiger partial charge in [0.15, 0.2) is 0 Å². The van der Waals surface area contributed by atoms with Crippen molar-refractivity contribution in [1.29, 1.82) is 0 Å². The molecule has 1 aromatic heterocycles. The quantitative estimate of drug-likeness (QED) is 0.708. The Morgan fingerprint density at radius 2 is 1.62 bits per heavy atom. The van der Waals surface area contributed by atoms with Crippen molar-refractivity contribution < 1.29 is 4.79 Å². The van der Waals surface area contributed by atoms with E-state index < -0.39 is 0 Å². The first-order chi connectivity index (χ1) is 6.00. The lowest BCUT2D eigenvalue weighted by atomic mass is 10.2. The number of hydrogen-bond acceptors (Lipinski definition) is 3. The molecule has 0 fully saturated rings. The van der Waals surface area contributed by atoms with Gasteiger partial charge in [-0.25, -0.2) is 9.97 Å². The Kier molecular flexibility index (Phi) is 2.60. The van der Waals surface area contributed by atoms with E-state index in [-0.39, 0.29) is 5.91 Å². The largest absolute Gasteiger partial charge is 0.295 e. The molecule has 0 aliphatic carbocycles. The molecule has 1 N–H and O–H groups in total. The molecular weight excluding hydrogens is 166 g/mol. The average molecular weight is 179 g/mol. The zero-order chi connectivity index (χ0) is 10.0. The summed E-state index contributed by atoms with van der Waals surface area (Å²) >= 11 is 0. The zero-order valence-electron chi connectivity index (χ0n) is 8.30. The van der Waals surface area contributed by atoms with Gasteiger partial charge in [-0.15, -0.1) is 0 Å². The third-order valence-corrected chi connectivity index (χ3v) is 1.92. The summed E-state index contributed by atoms with van der Waals surface area (Å²) in [7, 11) is 0. The molecule has 4 heteroatoms. The summed E-state index contributed by atoms with van der Waals surface area (Å²) in [5, 5.41) is 2.55. The van der Waals surface area contributed by atoms with E-state index in [1.54, 1.807) is 0 Å². The van der Waals surface area contributed by atoms with Gasteiger partial charge in [0.2, 0.25) is 11.9 Å². The van der Waals surface area contributed by atoms with Gasteiger partial charge >= 0.3 is 0 Å². The molecular formula is C9H13N3O. The minimum absolute atomic E-state index is 0.150. The van der Waals surface area contributed by atoms with E-state index in [0.29, 0.717) is 5.95 Å². The monoisotopic (exact) mass is 179 g/mol. The predicted molar refractivity (Wildman–Crippen MR) is 50.5 cm³/mol. The van der Waals surface area contributed by atoms with Crippen LogP contribution >= 0.6 is 0 Å². The van der Waals surface area contributed by atoms with E-state index in [9.17, 15) is 4.79 Å². The zero-order valence-corrected chi connectivity index (χ0v) is 8.30. The van der Waals surface area contributed by atoms with Gasteiger partial charge < -0.3 is 0 Å². The molecule has 0 atom stereocenters. The number of anilines is 1. The molecule has 0 radical (unpaired) electrons. The normalized spacial score (nSPS) is 9.85. The van der Waals surface area contributed by atoms with Crippen LogP contribution in [0.3, 0.4) is 0 Å². The van der Waals surface area contributed by atoms with Gasteiger partial charge in [0.1, 0.15) is 0 Å². The molecule has 70 valence electrons. The van der Waals surface area contributed by atoms with Crippen LogP contribution in [-0.4, -0.2) is 15.9 Å². The molecule has 0 spiro atoms. The minimum Gasteiger partial charge on any atom is -0.295 e. The number of aryl methyl sites for hydroxylation is 2. The molecule has 1 rings (SSSR count). The Bertz CT molecular complexity index is 324. The summed E-state index contributed by atoms with van der Waals surface area (Å²) in [6, 6.07) is 0. The van der Waals surface area contributed by atoms with Gasteiger partial charge in [0, 0.05) is 18.3 Å². The Labute approximate surface area is 77.4 Å². The summed E-state index contributed by atoms with van der Waals surface area (Å²) < 4.78 is 0. The van der Waals surface area contributed by atoms with E-state index in [0.717, 1.165) is 17.0 Å². The van der Waals surface area contributed by atoms with Gasteiger partial charge in [-0.05, 0) is 26.3 Å². The number of amides is 1. The highest BCUT2D eigenvalue weighted by atomic mass is 16.1. The van der Waals surface area contributed by atoms with Crippen molar-refractivity contribution in [3.8, 4) is 0 Å². The van der Waals surface area contributed by atoms with Crippen LogP contribution in [0.15, 0.2) is 0 Å². The van der Waals surface area contributed by atoms with E-state index in [4.69, 9.17) is 0 Å². The highest BCUT2D eigenvalue weighted by Gasteiger charge is 2.04. The van der Waals surface area contributed by atoms with Gasteiger partial charge in [-0.1, -0.05) is 0 Å². The number of hydrogen-bond donors (Lipinski definition) is 1. The molecule has 1 amide bonds. The van der Waals surface area contributed by atoms with Crippen molar-refractivity contribution in [2.45, 2.75) is 27.7 Å². The highest BCUT2D eigenvalue weighted by molar-refractivity contribution is 5.86. The summed E-state index contributed by atoms with van der Waals surface area (Å²) in [5.41, 5.74) is 2.86. The average Bonchev–Trinajstić information content (AvgIpc) is 1.98. The Morgan fingerprint density at radius 1 is 1.15 bits per heavy atom. The van der Waals surface area contributed by atoms with Crippen LogP contribution in [0.5, 0.6) is 0 Å². The van der Waals surface area contributed by atoms with Crippen LogP contribution in [0.1, 0.15) is 23.9 Å². The Balaban J connectivity index is 3.06. The Morgan fingerprint density at radius 3 is 2.00 bits per heavy atom. The first kappa shape index (κ1) is 9.64. The van der Waals surface area contributed by atoms with E-state index in [1.807, 2.05) is 20.8 Å². The topological polar surface area (TPSA) is 54.9 Å². The third kappa shape index (κ3) is 2.24. The maximum atomic E-state index is 10.7. The first-order valence-corrected chi connectivity index (χ1v) is 4.10. The van der Waals surface area contributed by atoms with E-state index >= 15 is 0 Å². The lowest BCUT2D eigenvalue weighted by Gasteiger charge is -2.06. The molecule has 0 aliphatic rings. The fraction of sp³-hybridized carbons (Fsp3) is 0.444. The van der Waals surface area contributed by atoms with Crippen molar-refractivity contribution in [3.63, 3.8) is 0 Å². The van der Waals surface area contributed by atoms with Crippen molar-refractivity contribution in [2.24, 2.45) is 0 Å². The van der Waals surface area contributed by atoms with Gasteiger partial charge in [-0.2, -0.15) is 0 Å². The van der Waals surface area contributed by atoms with E-state index in [1.165, 1.54) is 6.92 Å². The summed E-state index contributed by atoms with van der Waals surface area (Å²) in [6.45, 7) is 7.20. The second kappa shape index (κ2) is 3.51. The van der Waals surface area contributed by atoms with Gasteiger partial charge in [0.05, 0.1) is 0 Å². The van der Waals surface area contributed by atoms with Crippen LogP contribution in [0.2, 0.25) is 0 Å². The van der Waals surface area contributed by atoms with Crippen molar-refractivity contribution in [2.75, 3.05) is 5.32 Å². The number of rotatable bonds is 1. The summed E-state index contributed by atoms with van der Waals surface area (Å²) in [6.07, 6.45) is 0. The predicted octanol–water partition coefficient (Wildman–Crippen LogP) is 1.36. The van der Waals surface area contributed by atoms with Crippen LogP contribution in [0, 0.1) is 20.8 Å². The maximum absolute atomic E-state index is 10.7. The highest BCUT2D eigenvalue weighted by Crippen LogP contribution is 2.10. The van der Waals surface area contributed by atoms with Gasteiger partial charge in [-0.3, -0.25) is 10.1 Å². The van der Waals surface area contributed by atoms with Gasteiger partial charge in [0.25, 0.3) is 0 Å². The molecule has 13 heavy (non-hydrogen) atoms. The first-order valence-electron chi connectivity index (χ1n) is 4.10. The summed E-state index contributed by atoms with van der Waals surface area (Å²) in [4.78, 5) is 19.0. The molecule has 0 saturated carbocycles. The molecule has 4 nitrogen and oxygen atoms in total. The fourth-order valence-corrected chi connectivity index (χ4v) is 0.986. The molecule has 0 unspecified atom stereocenters. The number of nitrogens with zero attached hydrogens (tertiary/aromatic N) is 2. The second-order valence-electron chi connectivity index (χ2n) is 3.02. The minimum atomic E-state index is -0.150. The second-order valence-corrected chi connectivity index (χ2v) is 3.02. The van der Waals surface area contributed by atoms with Crippen LogP contribution in [0.4, 0.5) is 5.95 Å². The Hall–Kier alpha value is -1.45. The molecule has 1 aromatic rings. The smallest absolute Gasteiger partial charge is 0.229 e. The molecule has 0 aliphatic heterocycles. The number of carbonyl (C=O) groups excluding carboxylic acids is 1. The van der Waals surface area contributed by atoms with Crippen LogP contribution in [-0.2, 0) is 4.79 Å². The number of aromatic nitrogens is 2. The molecule has 0 aromatic carbocycles. The summed E-state index contributed by atoms with van der Waals surface area (Å²) in [5.74, 6) is 0.232. The van der Waals surface area contributed by atoms with Crippen LogP contribution < -0.4 is 5.32 Å². The number of nitrogens with one attached hydrogen (secondary N) is 1. The lowest BCUT2D eigenvalue weighted by Crippen LogP contribution is -2.11. The standard InChI is InChI=1S/C9H13N3O/c1-5-6(2)10-9(11-7(5)3)12-8(4)13/h1-4H3,(H,10,11,12,13). The van der Waals surface area contributed by atoms with Crippen LogP contribution in [0.25, 0.3) is 0 Å². The molecule has 1 heterocycles. The van der Waals surface area contributed by atoms with E-state index in [2.05, 4.69) is 15.3 Å². The molecule has 0 saturated heterocycles. The third-order valence-electron chi connectivity index (χ3n) is 1.92. The number of carbonyl (C=O) groups is 1. The SMILES string of the molecule is CC(=O)Nc1nc(C)c(C)c(C)n1. The fourth-order valence-electron chi connectivity index (χ4n) is 0.986. The maximum Gasteiger partial charge on any atom is 0.229 e. The lowest BCUT2D eigenvalue weighted by molar-refractivity contribution is -0.114. The van der Waals surface area contributed by atoms with Crippen molar-refractivity contribution >= 4 is 11.9 Å². The van der Waals surface area contributed by atoms with Crippen molar-refractivity contribution in [1.82, 2.24) is 9.97 Å².